The van der Waals surface area contributed by atoms with Crippen LogP contribution in [-0.2, 0) is 0 Å². The van der Waals surface area contributed by atoms with Crippen molar-refractivity contribution in [2.45, 2.75) is 27.7 Å². The summed E-state index contributed by atoms with van der Waals surface area (Å²) < 4.78 is 5.26. The second kappa shape index (κ2) is 6.01. The third-order valence-corrected chi connectivity index (χ3v) is 3.40. The second-order valence-corrected chi connectivity index (χ2v) is 5.09. The minimum atomic E-state index is -0.114. The third kappa shape index (κ3) is 2.91. The molecule has 0 saturated carbocycles. The highest BCUT2D eigenvalue weighted by Crippen LogP contribution is 2.26. The van der Waals surface area contributed by atoms with E-state index in [-0.39, 0.29) is 17.6 Å². The first-order valence-corrected chi connectivity index (χ1v) is 6.31. The van der Waals surface area contributed by atoms with E-state index in [1.54, 1.807) is 7.11 Å². The molecule has 3 heteroatoms. The van der Waals surface area contributed by atoms with Gasteiger partial charge in [0.05, 0.1) is 7.11 Å². The standard InChI is InChI=1S/C15H23NO2/c1-9(2)13(8-16)15(17)12-6-11(4)14(18-5)7-10(12)3/h6-7,9,13H,8,16H2,1-5H3. The van der Waals surface area contributed by atoms with Crippen molar-refractivity contribution < 1.29 is 9.53 Å². The van der Waals surface area contributed by atoms with Gasteiger partial charge in [0.1, 0.15) is 5.75 Å². The van der Waals surface area contributed by atoms with E-state index in [1.165, 1.54) is 0 Å². The van der Waals surface area contributed by atoms with Gasteiger partial charge in [-0.1, -0.05) is 13.8 Å². The van der Waals surface area contributed by atoms with Crippen LogP contribution in [0.3, 0.4) is 0 Å². The van der Waals surface area contributed by atoms with E-state index in [1.807, 2.05) is 39.8 Å². The number of hydrogen-bond donors (Lipinski definition) is 1. The van der Waals surface area contributed by atoms with Crippen molar-refractivity contribution in [2.24, 2.45) is 17.6 Å². The lowest BCUT2D eigenvalue weighted by atomic mass is 9.86. The first-order chi connectivity index (χ1) is 8.42. The monoisotopic (exact) mass is 249 g/mol. The van der Waals surface area contributed by atoms with Crippen LogP contribution in [0.5, 0.6) is 5.75 Å². The Hall–Kier alpha value is -1.35. The summed E-state index contributed by atoms with van der Waals surface area (Å²) in [7, 11) is 1.64. The highest BCUT2D eigenvalue weighted by Gasteiger charge is 2.23. The summed E-state index contributed by atoms with van der Waals surface area (Å²) in [6.45, 7) is 8.33. The molecule has 0 spiro atoms. The van der Waals surface area contributed by atoms with Crippen molar-refractivity contribution in [1.82, 2.24) is 0 Å². The van der Waals surface area contributed by atoms with Crippen LogP contribution in [0.4, 0.5) is 0 Å². The number of hydrogen-bond acceptors (Lipinski definition) is 3. The summed E-state index contributed by atoms with van der Waals surface area (Å²) >= 11 is 0. The van der Waals surface area contributed by atoms with E-state index in [0.717, 1.165) is 22.4 Å². The summed E-state index contributed by atoms with van der Waals surface area (Å²) in [5, 5.41) is 0. The van der Waals surface area contributed by atoms with Crippen LogP contribution in [0, 0.1) is 25.7 Å². The molecule has 0 saturated heterocycles. The van der Waals surface area contributed by atoms with Crippen LogP contribution in [-0.4, -0.2) is 19.4 Å². The van der Waals surface area contributed by atoms with Crippen LogP contribution in [0.2, 0.25) is 0 Å². The van der Waals surface area contributed by atoms with Crippen molar-refractivity contribution in [3.05, 3.63) is 28.8 Å². The Morgan fingerprint density at radius 2 is 1.89 bits per heavy atom. The van der Waals surface area contributed by atoms with Gasteiger partial charge in [0.25, 0.3) is 0 Å². The van der Waals surface area contributed by atoms with Crippen molar-refractivity contribution in [1.29, 1.82) is 0 Å². The van der Waals surface area contributed by atoms with Crippen molar-refractivity contribution in [2.75, 3.05) is 13.7 Å². The first-order valence-electron chi connectivity index (χ1n) is 6.31. The maximum atomic E-state index is 12.5. The van der Waals surface area contributed by atoms with E-state index in [2.05, 4.69) is 0 Å². The van der Waals surface area contributed by atoms with Gasteiger partial charge in [-0.3, -0.25) is 4.79 Å². The molecule has 1 aromatic rings. The average molecular weight is 249 g/mol. The minimum Gasteiger partial charge on any atom is -0.496 e. The number of nitrogens with two attached hydrogens (primary N) is 1. The van der Waals surface area contributed by atoms with E-state index in [9.17, 15) is 4.79 Å². The Morgan fingerprint density at radius 1 is 1.28 bits per heavy atom. The van der Waals surface area contributed by atoms with Gasteiger partial charge >= 0.3 is 0 Å². The molecule has 1 unspecified atom stereocenters. The average Bonchev–Trinajstić information content (AvgIpc) is 2.31. The van der Waals surface area contributed by atoms with Gasteiger partial charge in [-0.15, -0.1) is 0 Å². The number of carbonyl (C=O) groups excluding carboxylic acids is 1. The Balaban J connectivity index is 3.17. The normalized spacial score (nSPS) is 12.6. The minimum absolute atomic E-state index is 0.114. The highest BCUT2D eigenvalue weighted by atomic mass is 16.5. The van der Waals surface area contributed by atoms with E-state index < -0.39 is 0 Å². The van der Waals surface area contributed by atoms with Gasteiger partial charge < -0.3 is 10.5 Å². The zero-order valence-electron chi connectivity index (χ0n) is 11.9. The Bertz CT molecular complexity index is 438. The summed E-state index contributed by atoms with van der Waals surface area (Å²) in [6.07, 6.45) is 0. The van der Waals surface area contributed by atoms with Crippen LogP contribution in [0.25, 0.3) is 0 Å². The molecule has 1 aromatic carbocycles. The Kier molecular flexibility index (Phi) is 4.91. The molecule has 0 fully saturated rings. The number of Topliss-reactive ketones (excluding diaryl/α,β-unsaturated/α-hetero) is 1. The molecule has 100 valence electrons. The quantitative estimate of drug-likeness (QED) is 0.816. The largest absolute Gasteiger partial charge is 0.496 e. The van der Waals surface area contributed by atoms with E-state index in [4.69, 9.17) is 10.5 Å². The zero-order valence-corrected chi connectivity index (χ0v) is 11.9. The van der Waals surface area contributed by atoms with Gasteiger partial charge in [0.2, 0.25) is 0 Å². The summed E-state index contributed by atoms with van der Waals surface area (Å²) in [5.74, 6) is 1.09. The van der Waals surface area contributed by atoms with Crippen molar-refractivity contribution >= 4 is 5.78 Å². The number of methoxy groups -OCH3 is 1. The molecule has 0 aliphatic rings. The molecule has 0 heterocycles. The van der Waals surface area contributed by atoms with Gasteiger partial charge in [-0.2, -0.15) is 0 Å². The molecule has 0 aliphatic heterocycles. The summed E-state index contributed by atoms with van der Waals surface area (Å²) in [6, 6.07) is 3.82. The van der Waals surface area contributed by atoms with Gasteiger partial charge in [0.15, 0.2) is 5.78 Å². The Labute approximate surface area is 109 Å². The van der Waals surface area contributed by atoms with Gasteiger partial charge in [-0.05, 0) is 43.0 Å². The number of ether oxygens (including phenoxy) is 1. The molecule has 1 atom stereocenters. The smallest absolute Gasteiger partial charge is 0.167 e. The zero-order chi connectivity index (χ0) is 13.9. The molecule has 0 aliphatic carbocycles. The van der Waals surface area contributed by atoms with E-state index >= 15 is 0 Å². The molecule has 0 radical (unpaired) electrons. The molecule has 18 heavy (non-hydrogen) atoms. The predicted octanol–water partition coefficient (Wildman–Crippen LogP) is 2.73. The fourth-order valence-electron chi connectivity index (χ4n) is 2.16. The number of ketones is 1. The highest BCUT2D eigenvalue weighted by molar-refractivity contribution is 5.99. The molecular weight excluding hydrogens is 226 g/mol. The molecule has 0 bridgehead atoms. The maximum absolute atomic E-state index is 12.5. The number of benzene rings is 1. The van der Waals surface area contributed by atoms with Gasteiger partial charge in [0, 0.05) is 18.0 Å². The van der Waals surface area contributed by atoms with Crippen LogP contribution in [0.1, 0.15) is 35.3 Å². The SMILES string of the molecule is COc1cc(C)c(C(=O)C(CN)C(C)C)cc1C. The lowest BCUT2D eigenvalue weighted by Crippen LogP contribution is -2.29. The first kappa shape index (κ1) is 14.7. The topological polar surface area (TPSA) is 52.3 Å². The maximum Gasteiger partial charge on any atom is 0.167 e. The molecule has 1 rings (SSSR count). The number of aryl methyl sites for hydroxylation is 2. The Morgan fingerprint density at radius 3 is 2.33 bits per heavy atom. The number of rotatable bonds is 5. The lowest BCUT2D eigenvalue weighted by Gasteiger charge is -2.19. The fraction of sp³-hybridized carbons (Fsp3) is 0.533. The fourth-order valence-corrected chi connectivity index (χ4v) is 2.16. The molecule has 2 N–H and O–H groups in total. The third-order valence-electron chi connectivity index (χ3n) is 3.40. The molecule has 0 aromatic heterocycles. The van der Waals surface area contributed by atoms with Crippen LogP contribution < -0.4 is 10.5 Å². The second-order valence-electron chi connectivity index (χ2n) is 5.09. The lowest BCUT2D eigenvalue weighted by molar-refractivity contribution is 0.0891. The molecular formula is C15H23NO2. The van der Waals surface area contributed by atoms with Gasteiger partial charge in [-0.25, -0.2) is 0 Å². The van der Waals surface area contributed by atoms with Crippen LogP contribution >= 0.6 is 0 Å². The predicted molar refractivity (Wildman–Crippen MR) is 74.2 cm³/mol. The summed E-state index contributed by atoms with van der Waals surface area (Å²) in [5.41, 5.74) is 8.40. The summed E-state index contributed by atoms with van der Waals surface area (Å²) in [4.78, 5) is 12.5. The van der Waals surface area contributed by atoms with Crippen molar-refractivity contribution in [3.63, 3.8) is 0 Å². The van der Waals surface area contributed by atoms with E-state index in [0.29, 0.717) is 6.54 Å². The molecule has 0 amide bonds. The van der Waals surface area contributed by atoms with Crippen molar-refractivity contribution in [3.8, 4) is 5.75 Å². The molecule has 3 nitrogen and oxygen atoms in total. The van der Waals surface area contributed by atoms with Crippen LogP contribution in [0.15, 0.2) is 12.1 Å². The number of carbonyl (C=O) groups is 1.